The van der Waals surface area contributed by atoms with Gasteiger partial charge in [0, 0.05) is 22.3 Å². The Bertz CT molecular complexity index is 3320. The van der Waals surface area contributed by atoms with E-state index in [0.29, 0.717) is 11.4 Å². The summed E-state index contributed by atoms with van der Waals surface area (Å²) < 4.78 is 6.70. The van der Waals surface area contributed by atoms with Crippen LogP contribution in [0.4, 0.5) is 0 Å². The molecule has 1 atom stereocenters. The Kier molecular flexibility index (Phi) is 8.13. The lowest BCUT2D eigenvalue weighted by Crippen LogP contribution is -2.34. The molecule has 1 unspecified atom stereocenters. The van der Waals surface area contributed by atoms with Gasteiger partial charge in [-0.15, -0.1) is 0 Å². The molecule has 3 aliphatic rings. The van der Waals surface area contributed by atoms with E-state index in [4.69, 9.17) is 14.7 Å². The normalized spacial score (nSPS) is 15.2. The molecule has 1 N–H and O–H groups in total. The van der Waals surface area contributed by atoms with Crippen molar-refractivity contribution < 1.29 is 4.74 Å². The molecule has 0 fully saturated rings. The zero-order valence-electron chi connectivity index (χ0n) is 33.5. The zero-order chi connectivity index (χ0) is 41.2. The standard InChI is InChI=1S/C57H36N4O/c58-35-36-27-29-37(30-28-36)40-31-32-43(42-20-8-7-19-41(40)42)45-33-46-44-21-9-10-22-48(44)57(49-23-11-13-25-52(49)62-53-26-14-12-24-50(53)57)51(46)34-47(45)56-60-54(38-15-3-1-4-16-38)59-55(61-56)39-17-5-2-6-18-39/h1-34,54H,(H,59,60,61). The van der Waals surface area contributed by atoms with Gasteiger partial charge in [-0.2, -0.15) is 5.26 Å². The molecule has 0 saturated carbocycles. The van der Waals surface area contributed by atoms with Crippen LogP contribution in [-0.2, 0) is 5.41 Å². The molecule has 9 aromatic carbocycles. The van der Waals surface area contributed by atoms with Crippen LogP contribution in [0.15, 0.2) is 216 Å². The first kappa shape index (κ1) is 35.6. The first-order chi connectivity index (χ1) is 30.7. The minimum absolute atomic E-state index is 0.383. The average Bonchev–Trinajstić information content (AvgIpc) is 3.63. The molecule has 0 aromatic heterocycles. The molecule has 5 nitrogen and oxygen atoms in total. The summed E-state index contributed by atoms with van der Waals surface area (Å²) in [6, 6.07) is 74.5. The maximum Gasteiger partial charge on any atom is 0.160 e. The number of para-hydroxylation sites is 2. The van der Waals surface area contributed by atoms with E-state index in [1.54, 1.807) is 0 Å². The summed E-state index contributed by atoms with van der Waals surface area (Å²) in [5.74, 6) is 3.10. The van der Waals surface area contributed by atoms with Crippen molar-refractivity contribution in [2.75, 3.05) is 0 Å². The van der Waals surface area contributed by atoms with Crippen molar-refractivity contribution in [3.63, 3.8) is 0 Å². The Labute approximate surface area is 359 Å². The second-order valence-electron chi connectivity index (χ2n) is 16.0. The third-order valence-electron chi connectivity index (χ3n) is 12.7. The van der Waals surface area contributed by atoms with Crippen LogP contribution in [0.25, 0.3) is 44.2 Å². The Morgan fingerprint density at radius 2 is 1.06 bits per heavy atom. The molecule has 0 radical (unpaired) electrons. The maximum atomic E-state index is 9.56. The monoisotopic (exact) mass is 792 g/mol. The Morgan fingerprint density at radius 3 is 1.77 bits per heavy atom. The molecular formula is C57H36N4O. The molecule has 62 heavy (non-hydrogen) atoms. The minimum atomic E-state index is -0.676. The number of fused-ring (bicyclic) bond motifs is 10. The van der Waals surface area contributed by atoms with Gasteiger partial charge in [-0.3, -0.25) is 0 Å². The number of nitriles is 1. The Morgan fingerprint density at radius 1 is 0.468 bits per heavy atom. The van der Waals surface area contributed by atoms with Crippen LogP contribution in [-0.4, -0.2) is 11.7 Å². The van der Waals surface area contributed by atoms with Crippen LogP contribution in [0, 0.1) is 11.3 Å². The zero-order valence-corrected chi connectivity index (χ0v) is 33.5. The van der Waals surface area contributed by atoms with Crippen LogP contribution in [0.3, 0.4) is 0 Å². The number of nitrogens with one attached hydrogen (secondary N) is 1. The summed E-state index contributed by atoms with van der Waals surface area (Å²) in [7, 11) is 0. The van der Waals surface area contributed by atoms with Gasteiger partial charge in [0.05, 0.1) is 17.0 Å². The summed E-state index contributed by atoms with van der Waals surface area (Å²) >= 11 is 0. The second-order valence-corrected chi connectivity index (χ2v) is 16.0. The fourth-order valence-corrected chi connectivity index (χ4v) is 9.93. The molecule has 0 amide bonds. The van der Waals surface area contributed by atoms with Gasteiger partial charge in [0.25, 0.3) is 0 Å². The van der Waals surface area contributed by atoms with Crippen molar-refractivity contribution in [2.45, 2.75) is 11.6 Å². The Balaban J connectivity index is 1.19. The van der Waals surface area contributed by atoms with E-state index in [9.17, 15) is 5.26 Å². The van der Waals surface area contributed by atoms with Gasteiger partial charge in [0.15, 0.2) is 5.84 Å². The highest BCUT2D eigenvalue weighted by Crippen LogP contribution is 2.62. The van der Waals surface area contributed by atoms with E-state index in [-0.39, 0.29) is 6.17 Å². The number of rotatable bonds is 5. The van der Waals surface area contributed by atoms with Crippen LogP contribution in [0.5, 0.6) is 11.5 Å². The quantitative estimate of drug-likeness (QED) is 0.189. The lowest BCUT2D eigenvalue weighted by atomic mass is 9.65. The van der Waals surface area contributed by atoms with E-state index in [1.165, 1.54) is 11.1 Å². The predicted molar refractivity (Wildman–Crippen MR) is 249 cm³/mol. The average molecular weight is 793 g/mol. The smallest absolute Gasteiger partial charge is 0.160 e. The van der Waals surface area contributed by atoms with Crippen molar-refractivity contribution in [3.8, 4) is 50.9 Å². The number of nitrogens with zero attached hydrogens (tertiary/aromatic N) is 3. The van der Waals surface area contributed by atoms with Crippen molar-refractivity contribution in [3.05, 3.63) is 251 Å². The van der Waals surface area contributed by atoms with Crippen molar-refractivity contribution in [2.24, 2.45) is 9.98 Å². The number of ether oxygens (including phenoxy) is 1. The third-order valence-corrected chi connectivity index (χ3v) is 12.7. The molecule has 0 saturated heterocycles. The lowest BCUT2D eigenvalue weighted by Gasteiger charge is -2.39. The SMILES string of the molecule is N#Cc1ccc(-c2ccc(-c3cc4c(cc3C3=NC(c5ccccc5)NC(c5ccccc5)=N3)C3(c5ccccc5Oc5ccccc53)c3ccccc3-4)c3ccccc23)cc1. The van der Waals surface area contributed by atoms with E-state index in [2.05, 4.69) is 169 Å². The summed E-state index contributed by atoms with van der Waals surface area (Å²) in [6.07, 6.45) is -0.383. The number of hydrogen-bond donors (Lipinski definition) is 1. The largest absolute Gasteiger partial charge is 0.457 e. The third kappa shape index (κ3) is 5.40. The fourth-order valence-electron chi connectivity index (χ4n) is 9.93. The van der Waals surface area contributed by atoms with Crippen molar-refractivity contribution >= 4 is 22.4 Å². The molecule has 5 heteroatoms. The van der Waals surface area contributed by atoms with Gasteiger partial charge < -0.3 is 10.1 Å². The molecule has 0 bridgehead atoms. The molecule has 2 aliphatic heterocycles. The van der Waals surface area contributed by atoms with Crippen molar-refractivity contribution in [1.29, 1.82) is 5.26 Å². The lowest BCUT2D eigenvalue weighted by molar-refractivity contribution is 0.436. The van der Waals surface area contributed by atoms with E-state index in [1.807, 2.05) is 48.5 Å². The number of amidine groups is 2. The Hall–Kier alpha value is -8.33. The molecule has 290 valence electrons. The van der Waals surface area contributed by atoms with Crippen LogP contribution < -0.4 is 10.1 Å². The highest BCUT2D eigenvalue weighted by molar-refractivity contribution is 6.18. The molecule has 12 rings (SSSR count). The van der Waals surface area contributed by atoms with Crippen molar-refractivity contribution in [1.82, 2.24) is 5.32 Å². The summed E-state index contributed by atoms with van der Waals surface area (Å²) in [5, 5.41) is 15.5. The number of aliphatic imine (C=N–C) groups is 2. The highest BCUT2D eigenvalue weighted by Gasteiger charge is 2.51. The molecule has 2 heterocycles. The summed E-state index contributed by atoms with van der Waals surface area (Å²) in [4.78, 5) is 11.0. The molecule has 1 aliphatic carbocycles. The predicted octanol–water partition coefficient (Wildman–Crippen LogP) is 13.0. The first-order valence-corrected chi connectivity index (χ1v) is 20.9. The van der Waals surface area contributed by atoms with Gasteiger partial charge in [-0.25, -0.2) is 9.98 Å². The first-order valence-electron chi connectivity index (χ1n) is 20.9. The van der Waals surface area contributed by atoms with Gasteiger partial charge in [-0.1, -0.05) is 170 Å². The van der Waals surface area contributed by atoms with Crippen LogP contribution in [0.2, 0.25) is 0 Å². The highest BCUT2D eigenvalue weighted by atomic mass is 16.5. The number of hydrogen-bond acceptors (Lipinski definition) is 5. The van der Waals surface area contributed by atoms with E-state index >= 15 is 0 Å². The van der Waals surface area contributed by atoms with Gasteiger partial charge in [0.2, 0.25) is 0 Å². The summed E-state index contributed by atoms with van der Waals surface area (Å²) in [6.45, 7) is 0. The van der Waals surface area contributed by atoms with Crippen LogP contribution in [0.1, 0.15) is 50.7 Å². The van der Waals surface area contributed by atoms with Gasteiger partial charge in [0.1, 0.15) is 23.5 Å². The van der Waals surface area contributed by atoms with Gasteiger partial charge >= 0.3 is 0 Å². The van der Waals surface area contributed by atoms with Gasteiger partial charge in [-0.05, 0) is 97.2 Å². The fraction of sp³-hybridized carbons (Fsp3) is 0.0351. The number of benzene rings is 9. The second kappa shape index (κ2) is 14.2. The maximum absolute atomic E-state index is 9.56. The molecule has 9 aromatic rings. The van der Waals surface area contributed by atoms with E-state index in [0.717, 1.165) is 89.3 Å². The minimum Gasteiger partial charge on any atom is -0.457 e. The molecular weight excluding hydrogens is 757 g/mol. The molecule has 1 spiro atoms. The van der Waals surface area contributed by atoms with E-state index < -0.39 is 5.41 Å². The summed E-state index contributed by atoms with van der Waals surface area (Å²) in [5.41, 5.74) is 14.1. The topological polar surface area (TPSA) is 69.8 Å². The van der Waals surface area contributed by atoms with Crippen LogP contribution >= 0.6 is 0 Å².